The fourth-order valence-corrected chi connectivity index (χ4v) is 4.96. The molecule has 33 heavy (non-hydrogen) atoms. The fraction of sp³-hybridized carbons (Fsp3) is 0.400. The number of carbonyl (C=O) groups excluding carboxylic acids is 3. The molecule has 4 rings (SSSR count). The van der Waals surface area contributed by atoms with Crippen molar-refractivity contribution in [2.75, 3.05) is 19.0 Å². The third-order valence-corrected chi connectivity index (χ3v) is 6.45. The maximum absolute atomic E-state index is 13.4. The second-order valence-electron chi connectivity index (χ2n) is 8.55. The first-order valence-electron chi connectivity index (χ1n) is 11.3. The van der Waals surface area contributed by atoms with Crippen LogP contribution in [0.2, 0.25) is 0 Å². The number of nitrogens with one attached hydrogen (secondary N) is 1. The van der Waals surface area contributed by atoms with Gasteiger partial charge < -0.3 is 25.4 Å². The van der Waals surface area contributed by atoms with Crippen molar-refractivity contribution < 1.29 is 23.9 Å². The van der Waals surface area contributed by atoms with E-state index in [1.54, 1.807) is 35.2 Å². The summed E-state index contributed by atoms with van der Waals surface area (Å²) in [5.74, 6) is 0.0843. The highest BCUT2D eigenvalue weighted by Gasteiger charge is 2.47. The van der Waals surface area contributed by atoms with Crippen molar-refractivity contribution in [2.24, 2.45) is 11.7 Å². The van der Waals surface area contributed by atoms with Gasteiger partial charge in [0, 0.05) is 23.4 Å². The number of fused-ring (bicyclic) bond motifs is 1. The van der Waals surface area contributed by atoms with E-state index in [4.69, 9.17) is 15.2 Å². The van der Waals surface area contributed by atoms with Gasteiger partial charge in [-0.05, 0) is 49.4 Å². The van der Waals surface area contributed by atoms with Crippen molar-refractivity contribution in [1.29, 1.82) is 0 Å². The lowest BCUT2D eigenvalue weighted by molar-refractivity contribution is -0.120. The number of nitrogens with two attached hydrogens (primary N) is 1. The van der Waals surface area contributed by atoms with Gasteiger partial charge in [-0.1, -0.05) is 31.0 Å². The van der Waals surface area contributed by atoms with Crippen molar-refractivity contribution in [1.82, 2.24) is 4.90 Å². The molecule has 3 amide bonds. The van der Waals surface area contributed by atoms with Crippen molar-refractivity contribution >= 4 is 23.4 Å². The molecular weight excluding hydrogens is 422 g/mol. The molecule has 0 radical (unpaired) electrons. The zero-order valence-electron chi connectivity index (χ0n) is 18.7. The van der Waals surface area contributed by atoms with Gasteiger partial charge in [-0.15, -0.1) is 0 Å². The Kier molecular flexibility index (Phi) is 6.82. The van der Waals surface area contributed by atoms with Crippen LogP contribution in [-0.2, 0) is 9.59 Å². The van der Waals surface area contributed by atoms with Crippen molar-refractivity contribution in [2.45, 2.75) is 44.2 Å². The van der Waals surface area contributed by atoms with Gasteiger partial charge in [0.2, 0.25) is 5.91 Å². The van der Waals surface area contributed by atoms with Crippen LogP contribution in [-0.4, -0.2) is 48.4 Å². The number of likely N-dealkylation sites (tertiary alicyclic amines) is 1. The Hall–Kier alpha value is -3.55. The highest BCUT2D eigenvalue weighted by molar-refractivity contribution is 6.02. The summed E-state index contributed by atoms with van der Waals surface area (Å²) in [6, 6.07) is 13.6. The van der Waals surface area contributed by atoms with Crippen LogP contribution in [0.15, 0.2) is 48.5 Å². The molecule has 3 atom stereocenters. The normalized spacial score (nSPS) is 21.7. The standard InChI is InChI=1S/C25H29N3O5/c1-32-21-12-11-18(14-22(21)33-15-23(26)29)27-24(30)20-13-17-9-5-6-10-19(17)28(20)25(31)16-7-3-2-4-8-16/h2-4,7-8,11-12,14,17,19-20H,5-6,9-10,13,15H2,1H3,(H2,26,29)(H,27,30). The van der Waals surface area contributed by atoms with E-state index in [9.17, 15) is 14.4 Å². The molecule has 1 saturated heterocycles. The van der Waals surface area contributed by atoms with Gasteiger partial charge in [0.1, 0.15) is 6.04 Å². The van der Waals surface area contributed by atoms with Gasteiger partial charge in [0.25, 0.3) is 11.8 Å². The van der Waals surface area contributed by atoms with E-state index in [-0.39, 0.29) is 24.5 Å². The third-order valence-electron chi connectivity index (χ3n) is 6.45. The number of methoxy groups -OCH3 is 1. The van der Waals surface area contributed by atoms with E-state index in [2.05, 4.69) is 5.32 Å². The van der Waals surface area contributed by atoms with Gasteiger partial charge in [0.15, 0.2) is 18.1 Å². The molecule has 2 aromatic rings. The molecule has 8 heteroatoms. The van der Waals surface area contributed by atoms with E-state index < -0.39 is 11.9 Å². The van der Waals surface area contributed by atoms with E-state index in [1.807, 2.05) is 18.2 Å². The first-order valence-corrected chi connectivity index (χ1v) is 11.3. The lowest BCUT2D eigenvalue weighted by Crippen LogP contribution is -2.47. The van der Waals surface area contributed by atoms with Crippen LogP contribution in [0, 0.1) is 5.92 Å². The largest absolute Gasteiger partial charge is 0.493 e. The summed E-state index contributed by atoms with van der Waals surface area (Å²) >= 11 is 0. The number of benzene rings is 2. The smallest absolute Gasteiger partial charge is 0.255 e. The Morgan fingerprint density at radius 2 is 1.82 bits per heavy atom. The summed E-state index contributed by atoms with van der Waals surface area (Å²) in [5.41, 5.74) is 6.25. The van der Waals surface area contributed by atoms with E-state index in [0.29, 0.717) is 35.1 Å². The zero-order valence-corrected chi connectivity index (χ0v) is 18.7. The molecule has 1 saturated carbocycles. The van der Waals surface area contributed by atoms with Crippen LogP contribution >= 0.6 is 0 Å². The van der Waals surface area contributed by atoms with E-state index in [1.165, 1.54) is 7.11 Å². The molecule has 1 aliphatic carbocycles. The highest BCUT2D eigenvalue weighted by atomic mass is 16.5. The molecule has 0 aromatic heterocycles. The van der Waals surface area contributed by atoms with Crippen LogP contribution in [0.1, 0.15) is 42.5 Å². The van der Waals surface area contributed by atoms with Gasteiger partial charge >= 0.3 is 0 Å². The summed E-state index contributed by atoms with van der Waals surface area (Å²) in [7, 11) is 1.48. The monoisotopic (exact) mass is 451 g/mol. The molecule has 0 spiro atoms. The van der Waals surface area contributed by atoms with Crippen molar-refractivity contribution in [3.8, 4) is 11.5 Å². The van der Waals surface area contributed by atoms with Gasteiger partial charge in [-0.25, -0.2) is 0 Å². The Bertz CT molecular complexity index is 1030. The van der Waals surface area contributed by atoms with Crippen LogP contribution in [0.25, 0.3) is 0 Å². The maximum atomic E-state index is 13.4. The lowest BCUT2D eigenvalue weighted by Gasteiger charge is -2.33. The number of hydrogen-bond donors (Lipinski definition) is 2. The molecule has 8 nitrogen and oxygen atoms in total. The Morgan fingerprint density at radius 1 is 1.06 bits per heavy atom. The second kappa shape index (κ2) is 9.94. The lowest BCUT2D eigenvalue weighted by atomic mass is 9.84. The second-order valence-corrected chi connectivity index (χ2v) is 8.55. The summed E-state index contributed by atoms with van der Waals surface area (Å²) < 4.78 is 10.7. The minimum atomic E-state index is -0.616. The third kappa shape index (κ3) is 4.94. The number of carbonyl (C=O) groups is 3. The average Bonchev–Trinajstić information content (AvgIpc) is 3.22. The number of anilines is 1. The fourth-order valence-electron chi connectivity index (χ4n) is 4.96. The summed E-state index contributed by atoms with van der Waals surface area (Å²) in [6.07, 6.45) is 4.78. The summed E-state index contributed by atoms with van der Waals surface area (Å²) in [4.78, 5) is 39.7. The maximum Gasteiger partial charge on any atom is 0.255 e. The average molecular weight is 452 g/mol. The van der Waals surface area contributed by atoms with Crippen molar-refractivity contribution in [3.05, 3.63) is 54.1 Å². The number of primary amides is 1. The Morgan fingerprint density at radius 3 is 2.55 bits per heavy atom. The number of hydrogen-bond acceptors (Lipinski definition) is 5. The minimum absolute atomic E-state index is 0.0764. The number of rotatable bonds is 7. The van der Waals surface area contributed by atoms with Crippen LogP contribution < -0.4 is 20.5 Å². The molecule has 2 aliphatic rings. The number of ether oxygens (including phenoxy) is 2. The predicted octanol–water partition coefficient (Wildman–Crippen LogP) is 2.97. The molecule has 1 heterocycles. The Labute approximate surface area is 193 Å². The number of nitrogens with zero attached hydrogens (tertiary/aromatic N) is 1. The highest BCUT2D eigenvalue weighted by Crippen LogP contribution is 2.41. The molecule has 1 aliphatic heterocycles. The molecule has 2 aromatic carbocycles. The van der Waals surface area contributed by atoms with E-state index in [0.717, 1.165) is 25.7 Å². The first kappa shape index (κ1) is 22.6. The molecular formula is C25H29N3O5. The number of amides is 3. The summed E-state index contributed by atoms with van der Waals surface area (Å²) in [6.45, 7) is -0.306. The van der Waals surface area contributed by atoms with E-state index >= 15 is 0 Å². The predicted molar refractivity (Wildman–Crippen MR) is 123 cm³/mol. The molecule has 3 N–H and O–H groups in total. The molecule has 2 fully saturated rings. The van der Waals surface area contributed by atoms with Crippen LogP contribution in [0.5, 0.6) is 11.5 Å². The minimum Gasteiger partial charge on any atom is -0.493 e. The summed E-state index contributed by atoms with van der Waals surface area (Å²) in [5, 5.41) is 2.92. The molecule has 0 bridgehead atoms. The molecule has 174 valence electrons. The zero-order chi connectivity index (χ0) is 23.4. The molecule has 3 unspecified atom stereocenters. The quantitative estimate of drug-likeness (QED) is 0.672. The van der Waals surface area contributed by atoms with Crippen LogP contribution in [0.4, 0.5) is 5.69 Å². The van der Waals surface area contributed by atoms with Crippen molar-refractivity contribution in [3.63, 3.8) is 0 Å². The first-order chi connectivity index (χ1) is 16.0. The van der Waals surface area contributed by atoms with Crippen LogP contribution in [0.3, 0.4) is 0 Å². The van der Waals surface area contributed by atoms with Gasteiger partial charge in [0.05, 0.1) is 7.11 Å². The Balaban J connectivity index is 1.56. The topological polar surface area (TPSA) is 111 Å². The SMILES string of the molecule is COc1ccc(NC(=O)C2CC3CCCCC3N2C(=O)c2ccccc2)cc1OCC(N)=O. The van der Waals surface area contributed by atoms with Gasteiger partial charge in [-0.2, -0.15) is 0 Å². The van der Waals surface area contributed by atoms with Gasteiger partial charge in [-0.3, -0.25) is 14.4 Å².